The van der Waals surface area contributed by atoms with Gasteiger partial charge in [-0.2, -0.15) is 0 Å². The molecule has 4 heteroatoms. The first-order valence-electron chi connectivity index (χ1n) is 5.76. The Morgan fingerprint density at radius 1 is 1.28 bits per heavy atom. The number of benzene rings is 1. The summed E-state index contributed by atoms with van der Waals surface area (Å²) < 4.78 is 24.5. The van der Waals surface area contributed by atoms with Gasteiger partial charge in [0.15, 0.2) is 0 Å². The van der Waals surface area contributed by atoms with Crippen LogP contribution in [0.5, 0.6) is 5.75 Å². The van der Waals surface area contributed by atoms with Gasteiger partial charge >= 0.3 is 0 Å². The lowest BCUT2D eigenvalue weighted by Crippen LogP contribution is -2.11. The summed E-state index contributed by atoms with van der Waals surface area (Å²) in [6.07, 6.45) is 0. The maximum absolute atomic E-state index is 13.9. The van der Waals surface area contributed by atoms with Crippen LogP contribution in [-0.2, 0) is 0 Å². The van der Waals surface area contributed by atoms with E-state index in [0.717, 1.165) is 5.76 Å². The Kier molecular flexibility index (Phi) is 3.67. The van der Waals surface area contributed by atoms with Crippen LogP contribution in [0.4, 0.5) is 4.39 Å². The SMILES string of the molecule is CNC(C)c1ccc(-c2ccc(OC)cc2F)o1. The summed E-state index contributed by atoms with van der Waals surface area (Å²) in [7, 11) is 3.36. The molecule has 2 rings (SSSR count). The fourth-order valence-electron chi connectivity index (χ4n) is 1.70. The van der Waals surface area contributed by atoms with Crippen LogP contribution in [0.3, 0.4) is 0 Å². The predicted octanol–water partition coefficient (Wildman–Crippen LogP) is 3.37. The number of hydrogen-bond acceptors (Lipinski definition) is 3. The van der Waals surface area contributed by atoms with Gasteiger partial charge in [0.1, 0.15) is 23.1 Å². The van der Waals surface area contributed by atoms with Crippen LogP contribution in [0.15, 0.2) is 34.7 Å². The fraction of sp³-hybridized carbons (Fsp3) is 0.286. The minimum absolute atomic E-state index is 0.0973. The van der Waals surface area contributed by atoms with Crippen molar-refractivity contribution in [3.63, 3.8) is 0 Å². The normalized spacial score (nSPS) is 12.4. The van der Waals surface area contributed by atoms with Crippen molar-refractivity contribution in [3.8, 4) is 17.1 Å². The van der Waals surface area contributed by atoms with E-state index in [4.69, 9.17) is 9.15 Å². The van der Waals surface area contributed by atoms with Crippen molar-refractivity contribution >= 4 is 0 Å². The smallest absolute Gasteiger partial charge is 0.137 e. The Hall–Kier alpha value is -1.81. The second-order valence-corrected chi connectivity index (χ2v) is 4.06. The predicted molar refractivity (Wildman–Crippen MR) is 68.1 cm³/mol. The molecule has 0 spiro atoms. The topological polar surface area (TPSA) is 34.4 Å². The monoisotopic (exact) mass is 249 g/mol. The van der Waals surface area contributed by atoms with Gasteiger partial charge in [0, 0.05) is 6.07 Å². The van der Waals surface area contributed by atoms with Gasteiger partial charge in [-0.25, -0.2) is 4.39 Å². The van der Waals surface area contributed by atoms with E-state index >= 15 is 0 Å². The quantitative estimate of drug-likeness (QED) is 0.902. The zero-order valence-electron chi connectivity index (χ0n) is 10.7. The van der Waals surface area contributed by atoms with E-state index in [-0.39, 0.29) is 11.9 Å². The molecule has 0 fully saturated rings. The summed E-state index contributed by atoms with van der Waals surface area (Å²) in [6, 6.07) is 8.43. The van der Waals surface area contributed by atoms with Crippen LogP contribution in [0.25, 0.3) is 11.3 Å². The molecule has 18 heavy (non-hydrogen) atoms. The fourth-order valence-corrected chi connectivity index (χ4v) is 1.70. The summed E-state index contributed by atoms with van der Waals surface area (Å²) >= 11 is 0. The van der Waals surface area contributed by atoms with Crippen molar-refractivity contribution in [2.45, 2.75) is 13.0 Å². The molecule has 1 unspecified atom stereocenters. The van der Waals surface area contributed by atoms with Crippen LogP contribution in [-0.4, -0.2) is 14.2 Å². The number of nitrogens with one attached hydrogen (secondary N) is 1. The molecular weight excluding hydrogens is 233 g/mol. The highest BCUT2D eigenvalue weighted by Crippen LogP contribution is 2.29. The molecule has 0 saturated carbocycles. The third kappa shape index (κ3) is 2.38. The van der Waals surface area contributed by atoms with Gasteiger partial charge in [0.2, 0.25) is 0 Å². The van der Waals surface area contributed by atoms with E-state index < -0.39 is 0 Å². The molecule has 0 aliphatic carbocycles. The maximum Gasteiger partial charge on any atom is 0.137 e. The van der Waals surface area contributed by atoms with Crippen molar-refractivity contribution in [2.24, 2.45) is 0 Å². The number of ether oxygens (including phenoxy) is 1. The second-order valence-electron chi connectivity index (χ2n) is 4.06. The van der Waals surface area contributed by atoms with Gasteiger partial charge in [-0.1, -0.05) is 0 Å². The van der Waals surface area contributed by atoms with Crippen molar-refractivity contribution < 1.29 is 13.5 Å². The molecular formula is C14H16FNO2. The van der Waals surface area contributed by atoms with E-state index in [1.165, 1.54) is 13.2 Å². The second kappa shape index (κ2) is 5.23. The lowest BCUT2D eigenvalue weighted by molar-refractivity contribution is 0.411. The van der Waals surface area contributed by atoms with Gasteiger partial charge in [0.05, 0.1) is 18.7 Å². The summed E-state index contributed by atoms with van der Waals surface area (Å²) in [5.74, 6) is 1.44. The van der Waals surface area contributed by atoms with Gasteiger partial charge in [-0.15, -0.1) is 0 Å². The molecule has 0 radical (unpaired) electrons. The van der Waals surface area contributed by atoms with Gasteiger partial charge < -0.3 is 14.5 Å². The van der Waals surface area contributed by atoms with Crippen molar-refractivity contribution in [1.82, 2.24) is 5.32 Å². The highest BCUT2D eigenvalue weighted by molar-refractivity contribution is 5.59. The standard InChI is InChI=1S/C14H16FNO2/c1-9(16-2)13-6-7-14(18-13)11-5-4-10(17-3)8-12(11)15/h4-9,16H,1-3H3. The minimum Gasteiger partial charge on any atom is -0.497 e. The maximum atomic E-state index is 13.9. The number of hydrogen-bond donors (Lipinski definition) is 1. The first-order valence-corrected chi connectivity index (χ1v) is 5.76. The molecule has 1 atom stereocenters. The molecule has 0 bridgehead atoms. The number of methoxy groups -OCH3 is 1. The van der Waals surface area contributed by atoms with Gasteiger partial charge in [0.25, 0.3) is 0 Å². The molecule has 1 heterocycles. The Morgan fingerprint density at radius 3 is 2.67 bits per heavy atom. The minimum atomic E-state index is -0.354. The molecule has 3 nitrogen and oxygen atoms in total. The largest absolute Gasteiger partial charge is 0.497 e. The van der Waals surface area contributed by atoms with Gasteiger partial charge in [-0.05, 0) is 38.2 Å². The van der Waals surface area contributed by atoms with Crippen LogP contribution in [0.1, 0.15) is 18.7 Å². The van der Waals surface area contributed by atoms with E-state index in [9.17, 15) is 4.39 Å². The Bertz CT molecular complexity index is 536. The summed E-state index contributed by atoms with van der Waals surface area (Å²) in [4.78, 5) is 0. The van der Waals surface area contributed by atoms with E-state index in [1.807, 2.05) is 20.0 Å². The third-order valence-corrected chi connectivity index (χ3v) is 2.93. The summed E-state index contributed by atoms with van der Waals surface area (Å²) in [6.45, 7) is 1.98. The Morgan fingerprint density at radius 2 is 2.06 bits per heavy atom. The van der Waals surface area contributed by atoms with Crippen LogP contribution >= 0.6 is 0 Å². The zero-order chi connectivity index (χ0) is 13.1. The third-order valence-electron chi connectivity index (χ3n) is 2.93. The summed E-state index contributed by atoms with van der Waals surface area (Å²) in [5, 5.41) is 3.07. The van der Waals surface area contributed by atoms with E-state index in [1.54, 1.807) is 18.2 Å². The van der Waals surface area contributed by atoms with Crippen LogP contribution in [0, 0.1) is 5.82 Å². The molecule has 96 valence electrons. The average molecular weight is 249 g/mol. The molecule has 0 amide bonds. The van der Waals surface area contributed by atoms with E-state index in [2.05, 4.69) is 5.32 Å². The molecule has 1 aromatic heterocycles. The zero-order valence-corrected chi connectivity index (χ0v) is 10.7. The molecule has 2 aromatic rings. The highest BCUT2D eigenvalue weighted by Gasteiger charge is 2.13. The number of furan rings is 1. The molecule has 1 N–H and O–H groups in total. The summed E-state index contributed by atoms with van der Waals surface area (Å²) in [5.41, 5.74) is 0.436. The van der Waals surface area contributed by atoms with E-state index in [0.29, 0.717) is 17.1 Å². The molecule has 0 aliphatic rings. The highest BCUT2D eigenvalue weighted by atomic mass is 19.1. The number of halogens is 1. The lowest BCUT2D eigenvalue weighted by Gasteiger charge is -2.06. The first kappa shape index (κ1) is 12.6. The molecule has 0 saturated heterocycles. The lowest BCUT2D eigenvalue weighted by atomic mass is 10.1. The van der Waals surface area contributed by atoms with Crippen molar-refractivity contribution in [2.75, 3.05) is 14.2 Å². The average Bonchev–Trinajstić information content (AvgIpc) is 2.87. The molecule has 1 aromatic carbocycles. The first-order chi connectivity index (χ1) is 8.65. The van der Waals surface area contributed by atoms with Crippen LogP contribution in [0.2, 0.25) is 0 Å². The van der Waals surface area contributed by atoms with Gasteiger partial charge in [-0.3, -0.25) is 0 Å². The van der Waals surface area contributed by atoms with Crippen molar-refractivity contribution in [1.29, 1.82) is 0 Å². The van der Waals surface area contributed by atoms with Crippen LogP contribution < -0.4 is 10.1 Å². The Labute approximate surface area is 106 Å². The Balaban J connectivity index is 2.34. The van der Waals surface area contributed by atoms with Crippen molar-refractivity contribution in [3.05, 3.63) is 41.9 Å². The number of rotatable bonds is 4. The molecule has 0 aliphatic heterocycles.